The van der Waals surface area contributed by atoms with Gasteiger partial charge in [0.05, 0.1) is 12.6 Å². The van der Waals surface area contributed by atoms with Gasteiger partial charge < -0.3 is 5.73 Å². The minimum absolute atomic E-state index is 0.0440. The molecule has 44 valence electrons. The van der Waals surface area contributed by atoms with Gasteiger partial charge in [-0.05, 0) is 11.6 Å². The third-order valence-electron chi connectivity index (χ3n) is 0.805. The van der Waals surface area contributed by atoms with Crippen molar-refractivity contribution < 1.29 is 0 Å². The highest BCUT2D eigenvalue weighted by atomic mass is 35.5. The first-order valence-electron chi connectivity index (χ1n) is 2.29. The van der Waals surface area contributed by atoms with Crippen LogP contribution in [0.15, 0.2) is 9.98 Å². The lowest BCUT2D eigenvalue weighted by Crippen LogP contribution is -2.27. The molecule has 0 fully saturated rings. The van der Waals surface area contributed by atoms with Crippen molar-refractivity contribution >= 4 is 23.1 Å². The summed E-state index contributed by atoms with van der Waals surface area (Å²) in [4.78, 5) is 7.45. The molecule has 0 radical (unpaired) electrons. The molecule has 0 aromatic rings. The summed E-state index contributed by atoms with van der Waals surface area (Å²) in [6.07, 6.45) is 1.59. The minimum atomic E-state index is -0.0440. The van der Waals surface area contributed by atoms with E-state index in [0.29, 0.717) is 11.8 Å². The number of nitrogens with zero attached hydrogens (tertiary/aromatic N) is 2. The van der Waals surface area contributed by atoms with Crippen LogP contribution in [-0.4, -0.2) is 24.1 Å². The Morgan fingerprint density at radius 2 is 2.62 bits per heavy atom. The lowest BCUT2D eigenvalue weighted by molar-refractivity contribution is 0.867. The Morgan fingerprint density at radius 1 is 1.88 bits per heavy atom. The zero-order valence-corrected chi connectivity index (χ0v) is 4.97. The summed E-state index contributed by atoms with van der Waals surface area (Å²) in [7, 11) is 0. The highest BCUT2D eigenvalue weighted by Crippen LogP contribution is 1.93. The van der Waals surface area contributed by atoms with Gasteiger partial charge in [0.25, 0.3) is 0 Å². The van der Waals surface area contributed by atoms with Crippen LogP contribution in [0.25, 0.3) is 0 Å². The Bertz CT molecular complexity index is 140. The molecule has 4 heteroatoms. The third kappa shape index (κ3) is 1.28. The van der Waals surface area contributed by atoms with E-state index in [2.05, 4.69) is 9.98 Å². The molecule has 1 heterocycles. The molecule has 0 aromatic heterocycles. The van der Waals surface area contributed by atoms with E-state index < -0.39 is 0 Å². The van der Waals surface area contributed by atoms with E-state index in [1.54, 1.807) is 6.21 Å². The molecule has 1 atom stereocenters. The summed E-state index contributed by atoms with van der Waals surface area (Å²) in [6.45, 7) is 0.558. The number of aliphatic imine (C=N–C) groups is 2. The van der Waals surface area contributed by atoms with Crippen LogP contribution < -0.4 is 5.73 Å². The lowest BCUT2D eigenvalue weighted by atomic mass is 10.3. The van der Waals surface area contributed by atoms with Crippen molar-refractivity contribution in [2.24, 2.45) is 15.7 Å². The Labute approximate surface area is 52.3 Å². The standard InChI is InChI=1S/C4H6ClN3/c5-4-7-1-3(6)2-8-4/h1,3H,2,6H2. The van der Waals surface area contributed by atoms with Gasteiger partial charge in [0.1, 0.15) is 0 Å². The Kier molecular flexibility index (Phi) is 1.60. The van der Waals surface area contributed by atoms with Crippen LogP contribution in [0.1, 0.15) is 0 Å². The van der Waals surface area contributed by atoms with E-state index in [1.807, 2.05) is 0 Å². The molecule has 8 heavy (non-hydrogen) atoms. The average Bonchev–Trinajstić information content (AvgIpc) is 1.77. The number of hydrogen-bond acceptors (Lipinski definition) is 3. The quantitative estimate of drug-likeness (QED) is 0.462. The summed E-state index contributed by atoms with van der Waals surface area (Å²) in [5.74, 6) is 0. The van der Waals surface area contributed by atoms with Crippen LogP contribution in [0.3, 0.4) is 0 Å². The van der Waals surface area contributed by atoms with E-state index in [-0.39, 0.29) is 6.04 Å². The van der Waals surface area contributed by atoms with Gasteiger partial charge in [-0.3, -0.25) is 4.99 Å². The van der Waals surface area contributed by atoms with Crippen LogP contribution in [0.4, 0.5) is 0 Å². The monoisotopic (exact) mass is 131 g/mol. The van der Waals surface area contributed by atoms with Gasteiger partial charge in [0.15, 0.2) is 0 Å². The second-order valence-electron chi connectivity index (χ2n) is 1.55. The Morgan fingerprint density at radius 3 is 3.00 bits per heavy atom. The molecule has 0 spiro atoms. The fraction of sp³-hybridized carbons (Fsp3) is 0.500. The molecule has 0 aliphatic carbocycles. The largest absolute Gasteiger partial charge is 0.322 e. The van der Waals surface area contributed by atoms with Crippen LogP contribution in [-0.2, 0) is 0 Å². The predicted octanol–water partition coefficient (Wildman–Crippen LogP) is -0.00710. The minimum Gasteiger partial charge on any atom is -0.322 e. The number of halogens is 1. The van der Waals surface area contributed by atoms with Gasteiger partial charge in [-0.1, -0.05) is 0 Å². The van der Waals surface area contributed by atoms with Crippen molar-refractivity contribution in [1.82, 2.24) is 0 Å². The fourth-order valence-electron chi connectivity index (χ4n) is 0.426. The van der Waals surface area contributed by atoms with Crippen molar-refractivity contribution in [3.8, 4) is 0 Å². The molecule has 1 unspecified atom stereocenters. The predicted molar refractivity (Wildman–Crippen MR) is 34.6 cm³/mol. The summed E-state index contributed by atoms with van der Waals surface area (Å²) in [6, 6.07) is -0.0440. The second-order valence-corrected chi connectivity index (χ2v) is 1.89. The molecular weight excluding hydrogens is 126 g/mol. The van der Waals surface area contributed by atoms with E-state index in [0.717, 1.165) is 0 Å². The SMILES string of the molecule is NC1C=NC(Cl)=NC1. The van der Waals surface area contributed by atoms with Crippen molar-refractivity contribution in [2.75, 3.05) is 6.54 Å². The summed E-state index contributed by atoms with van der Waals surface area (Å²) in [5, 5.41) is 0.298. The zero-order valence-electron chi connectivity index (χ0n) is 4.21. The highest BCUT2D eigenvalue weighted by molar-refractivity contribution is 6.65. The van der Waals surface area contributed by atoms with Gasteiger partial charge >= 0.3 is 0 Å². The molecule has 0 aromatic carbocycles. The third-order valence-corrected chi connectivity index (χ3v) is 1.02. The maximum atomic E-state index is 5.38. The van der Waals surface area contributed by atoms with E-state index >= 15 is 0 Å². The molecule has 0 bridgehead atoms. The summed E-state index contributed by atoms with van der Waals surface area (Å²) < 4.78 is 0. The molecular formula is C4H6ClN3. The second kappa shape index (κ2) is 2.24. The van der Waals surface area contributed by atoms with E-state index in [9.17, 15) is 0 Å². The van der Waals surface area contributed by atoms with Gasteiger partial charge in [-0.25, -0.2) is 4.99 Å². The maximum Gasteiger partial charge on any atom is 0.217 e. The van der Waals surface area contributed by atoms with Crippen molar-refractivity contribution in [3.63, 3.8) is 0 Å². The van der Waals surface area contributed by atoms with Crippen LogP contribution in [0, 0.1) is 0 Å². The first-order chi connectivity index (χ1) is 3.79. The van der Waals surface area contributed by atoms with Gasteiger partial charge in [0.2, 0.25) is 5.29 Å². The molecule has 2 N–H and O–H groups in total. The van der Waals surface area contributed by atoms with Crippen molar-refractivity contribution in [3.05, 3.63) is 0 Å². The van der Waals surface area contributed by atoms with Crippen molar-refractivity contribution in [2.45, 2.75) is 6.04 Å². The molecule has 1 aliphatic heterocycles. The van der Waals surface area contributed by atoms with Crippen LogP contribution in [0.2, 0.25) is 0 Å². The van der Waals surface area contributed by atoms with Crippen LogP contribution in [0.5, 0.6) is 0 Å². The normalized spacial score (nSPS) is 27.8. The van der Waals surface area contributed by atoms with E-state index in [4.69, 9.17) is 17.3 Å². The fourth-order valence-corrected chi connectivity index (χ4v) is 0.551. The molecule has 0 saturated carbocycles. The first kappa shape index (κ1) is 5.72. The Hall–Kier alpha value is -0.410. The van der Waals surface area contributed by atoms with Crippen LogP contribution >= 0.6 is 11.6 Å². The maximum absolute atomic E-state index is 5.38. The molecule has 0 saturated heterocycles. The Balaban J connectivity index is 2.58. The first-order valence-corrected chi connectivity index (χ1v) is 2.66. The molecule has 0 amide bonds. The smallest absolute Gasteiger partial charge is 0.217 e. The van der Waals surface area contributed by atoms with Gasteiger partial charge in [0, 0.05) is 6.21 Å². The van der Waals surface area contributed by atoms with Gasteiger partial charge in [-0.15, -0.1) is 0 Å². The highest BCUT2D eigenvalue weighted by Gasteiger charge is 2.01. The van der Waals surface area contributed by atoms with Gasteiger partial charge in [-0.2, -0.15) is 0 Å². The average molecular weight is 132 g/mol. The topological polar surface area (TPSA) is 50.7 Å². The molecule has 3 nitrogen and oxygen atoms in total. The number of amidine groups is 1. The molecule has 1 rings (SSSR count). The summed E-state index contributed by atoms with van der Waals surface area (Å²) >= 11 is 5.38. The molecule has 1 aliphatic rings. The number of nitrogens with two attached hydrogens (primary N) is 1. The van der Waals surface area contributed by atoms with Crippen molar-refractivity contribution in [1.29, 1.82) is 0 Å². The lowest BCUT2D eigenvalue weighted by Gasteiger charge is -2.04. The number of hydrogen-bond donors (Lipinski definition) is 1. The number of rotatable bonds is 0. The summed E-state index contributed by atoms with van der Waals surface area (Å²) in [5.41, 5.74) is 5.38. The van der Waals surface area contributed by atoms with E-state index in [1.165, 1.54) is 0 Å². The zero-order chi connectivity index (χ0) is 5.98.